The van der Waals surface area contributed by atoms with Gasteiger partial charge in [0, 0.05) is 25.3 Å². The van der Waals surface area contributed by atoms with Gasteiger partial charge in [0.1, 0.15) is 0 Å². The molecule has 0 spiro atoms. The van der Waals surface area contributed by atoms with E-state index in [4.69, 9.17) is 5.11 Å². The minimum Gasteiger partial charge on any atom is -0.481 e. The number of carboxylic acid groups (broad SMARTS) is 1. The van der Waals surface area contributed by atoms with Gasteiger partial charge in [0.25, 0.3) is 0 Å². The third-order valence-electron chi connectivity index (χ3n) is 4.30. The number of rotatable bonds is 5. The number of benzene rings is 2. The summed E-state index contributed by atoms with van der Waals surface area (Å²) in [6.45, 7) is 0.702. The van der Waals surface area contributed by atoms with E-state index in [0.717, 1.165) is 22.3 Å². The lowest BCUT2D eigenvalue weighted by molar-refractivity contribution is -0.137. The van der Waals surface area contributed by atoms with Crippen molar-refractivity contribution in [1.82, 2.24) is 5.32 Å². The molecule has 2 N–H and O–H groups in total. The number of hydrogen-bond acceptors (Lipinski definition) is 2. The summed E-state index contributed by atoms with van der Waals surface area (Å²) in [5.74, 6) is -0.426. The van der Waals surface area contributed by atoms with Crippen LogP contribution in [0, 0.1) is 0 Å². The van der Waals surface area contributed by atoms with Crippen LogP contribution in [0.2, 0.25) is 0 Å². The van der Waals surface area contributed by atoms with Gasteiger partial charge in [-0.1, -0.05) is 48.5 Å². The van der Waals surface area contributed by atoms with E-state index < -0.39 is 5.97 Å². The lowest BCUT2D eigenvalue weighted by Gasteiger charge is -2.12. The Labute approximate surface area is 135 Å². The molecule has 0 aliphatic carbocycles. The van der Waals surface area contributed by atoms with Crippen molar-refractivity contribution in [3.05, 3.63) is 59.7 Å². The van der Waals surface area contributed by atoms with E-state index in [1.165, 1.54) is 0 Å². The summed E-state index contributed by atoms with van der Waals surface area (Å²) >= 11 is 0. The summed E-state index contributed by atoms with van der Waals surface area (Å²) in [5.41, 5.74) is 4.35. The van der Waals surface area contributed by atoms with Gasteiger partial charge in [0.15, 0.2) is 0 Å². The van der Waals surface area contributed by atoms with Gasteiger partial charge < -0.3 is 10.4 Å². The third-order valence-corrected chi connectivity index (χ3v) is 4.30. The minimum absolute atomic E-state index is 0.109. The maximum Gasteiger partial charge on any atom is 0.303 e. The molecule has 0 aromatic heterocycles. The van der Waals surface area contributed by atoms with E-state index in [1.54, 1.807) is 0 Å². The van der Waals surface area contributed by atoms with Crippen molar-refractivity contribution >= 4 is 11.9 Å². The first-order chi connectivity index (χ1) is 11.1. The Balaban J connectivity index is 1.82. The van der Waals surface area contributed by atoms with Crippen LogP contribution in [0.4, 0.5) is 0 Å². The molecule has 1 fully saturated rings. The first-order valence-electron chi connectivity index (χ1n) is 7.80. The standard InChI is InChI=1S/C19H19NO3/c21-18-11-16(12-20-18)13-5-7-15(8-6-13)17-4-2-1-3-14(17)9-10-19(22)23/h1-8,16H,9-12H2,(H,20,21)(H,22,23). The number of carbonyl (C=O) groups is 2. The third kappa shape index (κ3) is 3.59. The number of carboxylic acids is 1. The molecule has 1 amide bonds. The Morgan fingerprint density at radius 3 is 2.52 bits per heavy atom. The molecule has 4 heteroatoms. The molecular formula is C19H19NO3. The molecule has 1 aliphatic heterocycles. The maximum absolute atomic E-state index is 11.3. The van der Waals surface area contributed by atoms with E-state index in [9.17, 15) is 9.59 Å². The smallest absolute Gasteiger partial charge is 0.303 e. The Bertz CT molecular complexity index is 722. The quantitative estimate of drug-likeness (QED) is 0.892. The molecule has 4 nitrogen and oxygen atoms in total. The summed E-state index contributed by atoms with van der Waals surface area (Å²) in [6, 6.07) is 16.1. The Morgan fingerprint density at radius 1 is 1.13 bits per heavy atom. The van der Waals surface area contributed by atoms with E-state index in [0.29, 0.717) is 19.4 Å². The predicted molar refractivity (Wildman–Crippen MR) is 88.2 cm³/mol. The predicted octanol–water partition coefficient (Wildman–Crippen LogP) is 2.97. The normalized spacial score (nSPS) is 17.0. The number of nitrogens with one attached hydrogen (secondary N) is 1. The van der Waals surface area contributed by atoms with Crippen LogP contribution in [-0.4, -0.2) is 23.5 Å². The van der Waals surface area contributed by atoms with Crippen LogP contribution in [0.15, 0.2) is 48.5 Å². The second kappa shape index (κ2) is 6.65. The fourth-order valence-corrected chi connectivity index (χ4v) is 3.04. The highest BCUT2D eigenvalue weighted by Gasteiger charge is 2.22. The largest absolute Gasteiger partial charge is 0.481 e. The average molecular weight is 309 g/mol. The summed E-state index contributed by atoms with van der Waals surface area (Å²) < 4.78 is 0. The highest BCUT2D eigenvalue weighted by Crippen LogP contribution is 2.28. The van der Waals surface area contributed by atoms with E-state index in [2.05, 4.69) is 29.6 Å². The number of amides is 1. The summed E-state index contributed by atoms with van der Waals surface area (Å²) in [5, 5.41) is 11.7. The second-order valence-corrected chi connectivity index (χ2v) is 5.88. The van der Waals surface area contributed by atoms with Crippen LogP contribution in [0.3, 0.4) is 0 Å². The van der Waals surface area contributed by atoms with Crippen LogP contribution in [0.25, 0.3) is 11.1 Å². The minimum atomic E-state index is -0.784. The van der Waals surface area contributed by atoms with Crippen molar-refractivity contribution < 1.29 is 14.7 Å². The highest BCUT2D eigenvalue weighted by atomic mass is 16.4. The summed E-state index contributed by atoms with van der Waals surface area (Å²) in [6.07, 6.45) is 1.20. The molecule has 0 saturated carbocycles. The van der Waals surface area contributed by atoms with Gasteiger partial charge in [0.2, 0.25) is 5.91 Å². The lowest BCUT2D eigenvalue weighted by Crippen LogP contribution is -2.13. The van der Waals surface area contributed by atoms with Crippen LogP contribution in [0.5, 0.6) is 0 Å². The van der Waals surface area contributed by atoms with E-state index in [-0.39, 0.29) is 18.2 Å². The summed E-state index contributed by atoms with van der Waals surface area (Å²) in [4.78, 5) is 22.1. The van der Waals surface area contributed by atoms with E-state index >= 15 is 0 Å². The van der Waals surface area contributed by atoms with Gasteiger partial charge >= 0.3 is 5.97 Å². The number of aryl methyl sites for hydroxylation is 1. The number of carbonyl (C=O) groups excluding carboxylic acids is 1. The van der Waals surface area contributed by atoms with Crippen molar-refractivity contribution in [3.8, 4) is 11.1 Å². The van der Waals surface area contributed by atoms with Gasteiger partial charge in [0.05, 0.1) is 0 Å². The molecular weight excluding hydrogens is 290 g/mol. The van der Waals surface area contributed by atoms with E-state index in [1.807, 2.05) is 24.3 Å². The topological polar surface area (TPSA) is 66.4 Å². The molecule has 2 aromatic carbocycles. The lowest BCUT2D eigenvalue weighted by atomic mass is 9.93. The van der Waals surface area contributed by atoms with Crippen LogP contribution < -0.4 is 5.32 Å². The molecule has 1 saturated heterocycles. The first kappa shape index (κ1) is 15.3. The molecule has 3 rings (SSSR count). The average Bonchev–Trinajstić information content (AvgIpc) is 3.00. The zero-order valence-electron chi connectivity index (χ0n) is 12.8. The Hall–Kier alpha value is -2.62. The zero-order chi connectivity index (χ0) is 16.2. The maximum atomic E-state index is 11.3. The molecule has 0 bridgehead atoms. The highest BCUT2D eigenvalue weighted by molar-refractivity contribution is 5.79. The monoisotopic (exact) mass is 309 g/mol. The van der Waals surface area contributed by atoms with Gasteiger partial charge in [-0.15, -0.1) is 0 Å². The summed E-state index contributed by atoms with van der Waals surface area (Å²) in [7, 11) is 0. The molecule has 2 aromatic rings. The Morgan fingerprint density at radius 2 is 1.87 bits per heavy atom. The molecule has 118 valence electrons. The molecule has 1 atom stereocenters. The Kier molecular flexibility index (Phi) is 4.42. The van der Waals surface area contributed by atoms with Gasteiger partial charge in [-0.25, -0.2) is 0 Å². The van der Waals surface area contributed by atoms with Crippen LogP contribution in [-0.2, 0) is 16.0 Å². The fraction of sp³-hybridized carbons (Fsp3) is 0.263. The number of hydrogen-bond donors (Lipinski definition) is 2. The molecule has 1 heterocycles. The van der Waals surface area contributed by atoms with Crippen LogP contribution >= 0.6 is 0 Å². The number of aliphatic carboxylic acids is 1. The second-order valence-electron chi connectivity index (χ2n) is 5.88. The van der Waals surface area contributed by atoms with Crippen molar-refractivity contribution in [1.29, 1.82) is 0 Å². The fourth-order valence-electron chi connectivity index (χ4n) is 3.04. The molecule has 1 aliphatic rings. The SMILES string of the molecule is O=C(O)CCc1ccccc1-c1ccc(C2CNC(=O)C2)cc1. The van der Waals surface area contributed by atoms with Crippen molar-refractivity contribution in [3.63, 3.8) is 0 Å². The molecule has 0 radical (unpaired) electrons. The van der Waals surface area contributed by atoms with Crippen molar-refractivity contribution in [2.75, 3.05) is 6.54 Å². The van der Waals surface area contributed by atoms with Gasteiger partial charge in [-0.2, -0.15) is 0 Å². The van der Waals surface area contributed by atoms with Gasteiger partial charge in [-0.05, 0) is 28.7 Å². The van der Waals surface area contributed by atoms with Crippen LogP contribution in [0.1, 0.15) is 29.9 Å². The van der Waals surface area contributed by atoms with Crippen molar-refractivity contribution in [2.45, 2.75) is 25.2 Å². The molecule has 23 heavy (non-hydrogen) atoms. The zero-order valence-corrected chi connectivity index (χ0v) is 12.8. The molecule has 1 unspecified atom stereocenters. The van der Waals surface area contributed by atoms with Gasteiger partial charge in [-0.3, -0.25) is 9.59 Å². The first-order valence-corrected chi connectivity index (χ1v) is 7.80. The van der Waals surface area contributed by atoms with Crippen molar-refractivity contribution in [2.24, 2.45) is 0 Å².